The number of nitrogens with zero attached hydrogens (tertiary/aromatic N) is 3. The van der Waals surface area contributed by atoms with Crippen molar-refractivity contribution in [3.8, 4) is 0 Å². The summed E-state index contributed by atoms with van der Waals surface area (Å²) in [5.74, 6) is 0.758. The van der Waals surface area contributed by atoms with Crippen LogP contribution in [0.3, 0.4) is 0 Å². The van der Waals surface area contributed by atoms with Gasteiger partial charge in [0.25, 0.3) is 0 Å². The van der Waals surface area contributed by atoms with Crippen molar-refractivity contribution in [3.05, 3.63) is 59.5 Å². The van der Waals surface area contributed by atoms with Crippen molar-refractivity contribution in [3.63, 3.8) is 0 Å². The van der Waals surface area contributed by atoms with Gasteiger partial charge in [-0.1, -0.05) is 41.9 Å². The van der Waals surface area contributed by atoms with Crippen molar-refractivity contribution in [1.29, 1.82) is 0 Å². The van der Waals surface area contributed by atoms with Gasteiger partial charge in [0.2, 0.25) is 0 Å². The van der Waals surface area contributed by atoms with E-state index in [1.54, 1.807) is 6.20 Å². The molecule has 1 aromatic carbocycles. The van der Waals surface area contributed by atoms with Gasteiger partial charge in [0, 0.05) is 29.7 Å². The van der Waals surface area contributed by atoms with E-state index in [2.05, 4.69) is 26.6 Å². The minimum Gasteiger partial charge on any atom is -0.368 e. The molecule has 0 radical (unpaired) electrons. The predicted octanol–water partition coefficient (Wildman–Crippen LogP) is 3.33. The molecule has 20 heavy (non-hydrogen) atoms. The van der Waals surface area contributed by atoms with Gasteiger partial charge in [-0.25, -0.2) is 0 Å². The highest BCUT2D eigenvalue weighted by Gasteiger charge is 2.06. The molecule has 0 aliphatic heterocycles. The number of rotatable bonds is 4. The average Bonchev–Trinajstić information content (AvgIpc) is 2.51. The van der Waals surface area contributed by atoms with Gasteiger partial charge in [0.15, 0.2) is 11.0 Å². The molecule has 5 heteroatoms. The second kappa shape index (κ2) is 5.84. The molecule has 0 amide bonds. The highest BCUT2D eigenvalue weighted by molar-refractivity contribution is 6.34. The SMILES string of the molecule is Clc1nnc(NCCc2cccnc2)c2ccccc12. The topological polar surface area (TPSA) is 50.7 Å². The van der Waals surface area contributed by atoms with Crippen LogP contribution in [-0.4, -0.2) is 21.7 Å². The van der Waals surface area contributed by atoms with E-state index in [-0.39, 0.29) is 0 Å². The number of hydrogen-bond donors (Lipinski definition) is 1. The number of hydrogen-bond acceptors (Lipinski definition) is 4. The lowest BCUT2D eigenvalue weighted by molar-refractivity contribution is 0.970. The van der Waals surface area contributed by atoms with Crippen molar-refractivity contribution in [2.75, 3.05) is 11.9 Å². The normalized spacial score (nSPS) is 10.7. The summed E-state index contributed by atoms with van der Waals surface area (Å²) in [5.41, 5.74) is 1.19. The smallest absolute Gasteiger partial charge is 0.159 e. The predicted molar refractivity (Wildman–Crippen MR) is 81.0 cm³/mol. The Hall–Kier alpha value is -2.20. The summed E-state index contributed by atoms with van der Waals surface area (Å²) < 4.78 is 0. The van der Waals surface area contributed by atoms with E-state index in [0.29, 0.717) is 5.15 Å². The summed E-state index contributed by atoms with van der Waals surface area (Å²) in [5, 5.41) is 13.7. The fraction of sp³-hybridized carbons (Fsp3) is 0.133. The van der Waals surface area contributed by atoms with E-state index in [4.69, 9.17) is 11.6 Å². The molecule has 3 aromatic rings. The first-order chi connectivity index (χ1) is 9.84. The highest BCUT2D eigenvalue weighted by Crippen LogP contribution is 2.25. The molecule has 2 aromatic heterocycles. The maximum atomic E-state index is 6.05. The lowest BCUT2D eigenvalue weighted by Crippen LogP contribution is -2.07. The molecule has 0 saturated carbocycles. The molecule has 0 saturated heterocycles. The lowest BCUT2D eigenvalue weighted by atomic mass is 10.2. The molecule has 100 valence electrons. The zero-order valence-corrected chi connectivity index (χ0v) is 11.5. The number of halogens is 1. The van der Waals surface area contributed by atoms with Crippen molar-refractivity contribution in [1.82, 2.24) is 15.2 Å². The average molecular weight is 285 g/mol. The zero-order chi connectivity index (χ0) is 13.8. The molecule has 1 N–H and O–H groups in total. The molecular weight excluding hydrogens is 272 g/mol. The van der Waals surface area contributed by atoms with Crippen LogP contribution in [0, 0.1) is 0 Å². The second-order valence-corrected chi connectivity index (χ2v) is 4.78. The van der Waals surface area contributed by atoms with Crippen LogP contribution < -0.4 is 5.32 Å². The third kappa shape index (κ3) is 2.70. The van der Waals surface area contributed by atoms with E-state index in [1.807, 2.05) is 36.5 Å². The standard InChI is InChI=1S/C15H13ClN4/c16-14-12-5-1-2-6-13(12)15(20-19-14)18-9-7-11-4-3-8-17-10-11/h1-6,8,10H,7,9H2,(H,18,20). The van der Waals surface area contributed by atoms with Crippen molar-refractivity contribution in [2.45, 2.75) is 6.42 Å². The third-order valence-electron chi connectivity index (χ3n) is 3.07. The Morgan fingerprint density at radius 2 is 1.85 bits per heavy atom. The van der Waals surface area contributed by atoms with E-state index in [9.17, 15) is 0 Å². The molecule has 0 fully saturated rings. The maximum Gasteiger partial charge on any atom is 0.159 e. The number of pyridine rings is 1. The highest BCUT2D eigenvalue weighted by atomic mass is 35.5. The van der Waals surface area contributed by atoms with Gasteiger partial charge in [-0.05, 0) is 18.1 Å². The van der Waals surface area contributed by atoms with Crippen LogP contribution in [0.25, 0.3) is 10.8 Å². The maximum absolute atomic E-state index is 6.05. The number of benzene rings is 1. The first-order valence-electron chi connectivity index (χ1n) is 6.38. The summed E-state index contributed by atoms with van der Waals surface area (Å²) in [7, 11) is 0. The fourth-order valence-electron chi connectivity index (χ4n) is 2.07. The van der Waals surface area contributed by atoms with Crippen molar-refractivity contribution >= 4 is 28.2 Å². The van der Waals surface area contributed by atoms with Crippen molar-refractivity contribution in [2.24, 2.45) is 0 Å². The van der Waals surface area contributed by atoms with Gasteiger partial charge in [0.1, 0.15) is 0 Å². The van der Waals surface area contributed by atoms with E-state index in [1.165, 1.54) is 5.56 Å². The number of nitrogens with one attached hydrogen (secondary N) is 1. The van der Waals surface area contributed by atoms with Gasteiger partial charge in [-0.15, -0.1) is 10.2 Å². The minimum atomic E-state index is 0.429. The zero-order valence-electron chi connectivity index (χ0n) is 10.8. The monoisotopic (exact) mass is 284 g/mol. The number of fused-ring (bicyclic) bond motifs is 1. The number of aromatic nitrogens is 3. The Bertz CT molecular complexity index is 715. The molecule has 0 bridgehead atoms. The first kappa shape index (κ1) is 12.8. The molecule has 3 rings (SSSR count). The summed E-state index contributed by atoms with van der Waals surface area (Å²) in [6.07, 6.45) is 4.52. The Labute approximate surface area is 121 Å². The van der Waals surface area contributed by atoms with E-state index >= 15 is 0 Å². The third-order valence-corrected chi connectivity index (χ3v) is 3.35. The molecule has 0 spiro atoms. The van der Waals surface area contributed by atoms with Crippen LogP contribution in [-0.2, 0) is 6.42 Å². The Balaban J connectivity index is 1.77. The lowest BCUT2D eigenvalue weighted by Gasteiger charge is -2.08. The van der Waals surface area contributed by atoms with Gasteiger partial charge >= 0.3 is 0 Å². The summed E-state index contributed by atoms with van der Waals surface area (Å²) in [6.45, 7) is 0.770. The van der Waals surface area contributed by atoms with Crippen molar-refractivity contribution < 1.29 is 0 Å². The van der Waals surface area contributed by atoms with E-state index < -0.39 is 0 Å². The van der Waals surface area contributed by atoms with Crippen LogP contribution >= 0.6 is 11.6 Å². The largest absolute Gasteiger partial charge is 0.368 e. The first-order valence-corrected chi connectivity index (χ1v) is 6.76. The van der Waals surface area contributed by atoms with Gasteiger partial charge in [0.05, 0.1) is 0 Å². The fourth-order valence-corrected chi connectivity index (χ4v) is 2.28. The second-order valence-electron chi connectivity index (χ2n) is 4.42. The Morgan fingerprint density at radius 3 is 2.65 bits per heavy atom. The van der Waals surface area contributed by atoms with Crippen LogP contribution in [0.1, 0.15) is 5.56 Å². The molecule has 0 atom stereocenters. The summed E-state index contributed by atoms with van der Waals surface area (Å²) in [6, 6.07) is 11.8. The molecule has 0 unspecified atom stereocenters. The number of anilines is 1. The quantitative estimate of drug-likeness (QED) is 0.798. The van der Waals surface area contributed by atoms with Crippen LogP contribution in [0.4, 0.5) is 5.82 Å². The van der Waals surface area contributed by atoms with Crippen LogP contribution in [0.15, 0.2) is 48.8 Å². The molecule has 0 aliphatic rings. The van der Waals surface area contributed by atoms with Gasteiger partial charge in [-0.2, -0.15) is 0 Å². The van der Waals surface area contributed by atoms with Crippen LogP contribution in [0.2, 0.25) is 5.15 Å². The molecule has 2 heterocycles. The Kier molecular flexibility index (Phi) is 3.74. The van der Waals surface area contributed by atoms with Gasteiger partial charge < -0.3 is 5.32 Å². The van der Waals surface area contributed by atoms with Gasteiger partial charge in [-0.3, -0.25) is 4.98 Å². The van der Waals surface area contributed by atoms with E-state index in [0.717, 1.165) is 29.6 Å². The molecule has 4 nitrogen and oxygen atoms in total. The summed E-state index contributed by atoms with van der Waals surface area (Å²) >= 11 is 6.05. The van der Waals surface area contributed by atoms with Crippen LogP contribution in [0.5, 0.6) is 0 Å². The summed E-state index contributed by atoms with van der Waals surface area (Å²) in [4.78, 5) is 4.10. The molecular formula is C15H13ClN4. The Morgan fingerprint density at radius 1 is 1.00 bits per heavy atom. The molecule has 0 aliphatic carbocycles. The minimum absolute atomic E-state index is 0.429.